The highest BCUT2D eigenvalue weighted by molar-refractivity contribution is 5.32. The predicted molar refractivity (Wildman–Crippen MR) is 51.0 cm³/mol. The molecule has 1 nitrogen and oxygen atoms in total. The van der Waals surface area contributed by atoms with Gasteiger partial charge in [0.1, 0.15) is 5.82 Å². The van der Waals surface area contributed by atoms with E-state index in [0.717, 1.165) is 24.8 Å². The van der Waals surface area contributed by atoms with Crippen molar-refractivity contribution in [3.05, 3.63) is 35.1 Å². The van der Waals surface area contributed by atoms with Gasteiger partial charge in [-0.05, 0) is 49.4 Å². The van der Waals surface area contributed by atoms with Gasteiger partial charge in [0, 0.05) is 5.54 Å². The fourth-order valence-corrected chi connectivity index (χ4v) is 1.94. The van der Waals surface area contributed by atoms with E-state index in [9.17, 15) is 4.39 Å². The molecule has 1 aliphatic rings. The highest BCUT2D eigenvalue weighted by Gasteiger charge is 2.25. The molecule has 1 unspecified atom stereocenters. The lowest BCUT2D eigenvalue weighted by Gasteiger charge is -2.31. The van der Waals surface area contributed by atoms with Gasteiger partial charge in [-0.25, -0.2) is 4.39 Å². The van der Waals surface area contributed by atoms with E-state index in [1.165, 1.54) is 11.6 Å². The third-order valence-electron chi connectivity index (χ3n) is 2.73. The molecule has 0 saturated carbocycles. The van der Waals surface area contributed by atoms with Crippen LogP contribution < -0.4 is 5.73 Å². The minimum absolute atomic E-state index is 0.106. The summed E-state index contributed by atoms with van der Waals surface area (Å²) in [6, 6.07) is 5.00. The second kappa shape index (κ2) is 2.81. The number of hydrogen-bond donors (Lipinski definition) is 1. The van der Waals surface area contributed by atoms with Crippen LogP contribution in [0.15, 0.2) is 18.2 Å². The first-order valence-electron chi connectivity index (χ1n) is 4.63. The van der Waals surface area contributed by atoms with Gasteiger partial charge in [-0.3, -0.25) is 0 Å². The quantitative estimate of drug-likeness (QED) is 0.648. The zero-order chi connectivity index (χ0) is 9.47. The van der Waals surface area contributed by atoms with E-state index in [1.807, 2.05) is 6.07 Å². The lowest BCUT2D eigenvalue weighted by Crippen LogP contribution is -2.41. The summed E-state index contributed by atoms with van der Waals surface area (Å²) in [5.41, 5.74) is 8.26. The van der Waals surface area contributed by atoms with Crippen LogP contribution in [0.2, 0.25) is 0 Å². The molecule has 1 atom stereocenters. The Labute approximate surface area is 77.8 Å². The van der Waals surface area contributed by atoms with Gasteiger partial charge in [-0.15, -0.1) is 0 Å². The van der Waals surface area contributed by atoms with Crippen molar-refractivity contribution in [2.45, 2.75) is 31.7 Å². The third-order valence-corrected chi connectivity index (χ3v) is 2.73. The molecule has 0 saturated heterocycles. The first-order valence-corrected chi connectivity index (χ1v) is 4.63. The van der Waals surface area contributed by atoms with Crippen molar-refractivity contribution < 1.29 is 4.39 Å². The minimum Gasteiger partial charge on any atom is -0.325 e. The van der Waals surface area contributed by atoms with Crippen molar-refractivity contribution in [2.75, 3.05) is 0 Å². The van der Waals surface area contributed by atoms with Crippen LogP contribution in [0, 0.1) is 5.82 Å². The van der Waals surface area contributed by atoms with Crippen LogP contribution in [0.3, 0.4) is 0 Å². The molecule has 0 amide bonds. The van der Waals surface area contributed by atoms with Crippen molar-refractivity contribution >= 4 is 0 Å². The molecule has 13 heavy (non-hydrogen) atoms. The molecule has 0 aliphatic heterocycles. The Morgan fingerprint density at radius 2 is 2.15 bits per heavy atom. The van der Waals surface area contributed by atoms with Gasteiger partial charge >= 0.3 is 0 Å². The molecule has 0 heterocycles. The molecule has 0 aromatic heterocycles. The Hall–Kier alpha value is -0.890. The normalized spacial score (nSPS) is 27.0. The summed E-state index contributed by atoms with van der Waals surface area (Å²) in [5.74, 6) is -0.139. The van der Waals surface area contributed by atoms with E-state index in [-0.39, 0.29) is 11.4 Å². The van der Waals surface area contributed by atoms with E-state index in [4.69, 9.17) is 5.73 Å². The zero-order valence-corrected chi connectivity index (χ0v) is 7.81. The second-order valence-electron chi connectivity index (χ2n) is 4.24. The van der Waals surface area contributed by atoms with E-state index in [0.29, 0.717) is 0 Å². The van der Waals surface area contributed by atoms with Gasteiger partial charge < -0.3 is 5.73 Å². The summed E-state index contributed by atoms with van der Waals surface area (Å²) < 4.78 is 12.9. The van der Waals surface area contributed by atoms with E-state index in [1.54, 1.807) is 6.07 Å². The summed E-state index contributed by atoms with van der Waals surface area (Å²) >= 11 is 0. The average molecular weight is 179 g/mol. The number of rotatable bonds is 0. The highest BCUT2D eigenvalue weighted by atomic mass is 19.1. The number of benzene rings is 1. The van der Waals surface area contributed by atoms with Crippen molar-refractivity contribution in [2.24, 2.45) is 5.73 Å². The largest absolute Gasteiger partial charge is 0.325 e. The molecule has 2 rings (SSSR count). The summed E-state index contributed by atoms with van der Waals surface area (Å²) in [6.45, 7) is 2.05. The molecular weight excluding hydrogens is 165 g/mol. The van der Waals surface area contributed by atoms with Gasteiger partial charge in [0.2, 0.25) is 0 Å². The molecular formula is C11H14FN. The molecule has 1 aromatic rings. The van der Waals surface area contributed by atoms with E-state index >= 15 is 0 Å². The molecule has 2 heteroatoms. The molecule has 1 aromatic carbocycles. The second-order valence-corrected chi connectivity index (χ2v) is 4.24. The highest BCUT2D eigenvalue weighted by Crippen LogP contribution is 2.26. The van der Waals surface area contributed by atoms with Crippen molar-refractivity contribution in [3.63, 3.8) is 0 Å². The fraction of sp³-hybridized carbons (Fsp3) is 0.455. The Morgan fingerprint density at radius 3 is 2.92 bits per heavy atom. The predicted octanol–water partition coefficient (Wildman–Crippen LogP) is 2.03. The van der Waals surface area contributed by atoms with E-state index < -0.39 is 0 Å². The van der Waals surface area contributed by atoms with Gasteiger partial charge in [-0.2, -0.15) is 0 Å². The standard InChI is InChI=1S/C11H14FN/c1-11(13)5-4-8-6-10(12)3-2-9(8)7-11/h2-3,6H,4-5,7,13H2,1H3. The summed E-state index contributed by atoms with van der Waals surface area (Å²) in [5, 5.41) is 0. The van der Waals surface area contributed by atoms with Crippen molar-refractivity contribution in [1.82, 2.24) is 0 Å². The SMILES string of the molecule is CC1(N)CCc2cc(F)ccc2C1. The Bertz CT molecular complexity index is 331. The van der Waals surface area contributed by atoms with Crippen LogP contribution in [0.1, 0.15) is 24.5 Å². The maximum atomic E-state index is 12.9. The Morgan fingerprint density at radius 1 is 1.38 bits per heavy atom. The molecule has 70 valence electrons. The van der Waals surface area contributed by atoms with Crippen LogP contribution >= 0.6 is 0 Å². The van der Waals surface area contributed by atoms with Crippen LogP contribution in [-0.4, -0.2) is 5.54 Å². The molecule has 0 spiro atoms. The van der Waals surface area contributed by atoms with Gasteiger partial charge in [0.05, 0.1) is 0 Å². The molecule has 0 fully saturated rings. The van der Waals surface area contributed by atoms with Crippen LogP contribution in [0.25, 0.3) is 0 Å². The summed E-state index contributed by atoms with van der Waals surface area (Å²) in [7, 11) is 0. The Balaban J connectivity index is 2.37. The molecule has 1 aliphatic carbocycles. The smallest absolute Gasteiger partial charge is 0.123 e. The van der Waals surface area contributed by atoms with Crippen LogP contribution in [0.4, 0.5) is 4.39 Å². The number of hydrogen-bond acceptors (Lipinski definition) is 1. The van der Waals surface area contributed by atoms with Crippen molar-refractivity contribution in [3.8, 4) is 0 Å². The maximum absolute atomic E-state index is 12.9. The summed E-state index contributed by atoms with van der Waals surface area (Å²) in [6.07, 6.45) is 2.71. The topological polar surface area (TPSA) is 26.0 Å². The van der Waals surface area contributed by atoms with E-state index in [2.05, 4.69) is 6.92 Å². The number of nitrogens with two attached hydrogens (primary N) is 1. The lowest BCUT2D eigenvalue weighted by atomic mass is 9.80. The number of fused-ring (bicyclic) bond motifs is 1. The first-order chi connectivity index (χ1) is 6.07. The fourth-order valence-electron chi connectivity index (χ4n) is 1.94. The maximum Gasteiger partial charge on any atom is 0.123 e. The number of halogens is 1. The molecule has 2 N–H and O–H groups in total. The Kier molecular flexibility index (Phi) is 1.88. The van der Waals surface area contributed by atoms with Crippen LogP contribution in [0.5, 0.6) is 0 Å². The third kappa shape index (κ3) is 1.73. The first kappa shape index (κ1) is 8.70. The molecule has 0 radical (unpaired) electrons. The average Bonchev–Trinajstić information content (AvgIpc) is 2.05. The molecule has 0 bridgehead atoms. The van der Waals surface area contributed by atoms with Gasteiger partial charge in [0.15, 0.2) is 0 Å². The van der Waals surface area contributed by atoms with Gasteiger partial charge in [0.25, 0.3) is 0 Å². The van der Waals surface area contributed by atoms with Crippen molar-refractivity contribution in [1.29, 1.82) is 0 Å². The zero-order valence-electron chi connectivity index (χ0n) is 7.81. The number of aryl methyl sites for hydroxylation is 1. The summed E-state index contributed by atoms with van der Waals surface area (Å²) in [4.78, 5) is 0. The van der Waals surface area contributed by atoms with Crippen LogP contribution in [-0.2, 0) is 12.8 Å². The lowest BCUT2D eigenvalue weighted by molar-refractivity contribution is 0.407. The monoisotopic (exact) mass is 179 g/mol. The van der Waals surface area contributed by atoms with Gasteiger partial charge in [-0.1, -0.05) is 6.07 Å². The minimum atomic E-state index is -0.139.